The number of carbonyl (C=O) groups is 1. The molecule has 2 N–H and O–H groups in total. The zero-order valence-electron chi connectivity index (χ0n) is 16.7. The molecule has 0 radical (unpaired) electrons. The average Bonchev–Trinajstić information content (AvgIpc) is 3.08. The monoisotopic (exact) mass is 380 g/mol. The molecule has 6 heteroatoms. The Kier molecular flexibility index (Phi) is 6.66. The smallest absolute Gasteiger partial charge is 0.221 e. The Balaban J connectivity index is 1.44. The summed E-state index contributed by atoms with van der Waals surface area (Å²) in [6.45, 7) is 7.79. The molecular formula is C22H28N4O2. The van der Waals surface area contributed by atoms with Crippen molar-refractivity contribution in [2.75, 3.05) is 6.54 Å². The number of nitrogens with zero attached hydrogens (tertiary/aromatic N) is 2. The van der Waals surface area contributed by atoms with Crippen LogP contribution in [0, 0.1) is 6.92 Å². The minimum atomic E-state index is 0.0772. The molecule has 148 valence electrons. The molecule has 0 spiro atoms. The summed E-state index contributed by atoms with van der Waals surface area (Å²) in [5, 5.41) is 6.17. The number of hydrogen-bond acceptors (Lipinski definition) is 4. The molecule has 0 atom stereocenters. The molecule has 3 rings (SSSR count). The van der Waals surface area contributed by atoms with Gasteiger partial charge in [0.1, 0.15) is 18.0 Å². The third-order valence-electron chi connectivity index (χ3n) is 4.35. The summed E-state index contributed by atoms with van der Waals surface area (Å²) in [4.78, 5) is 16.2. The van der Waals surface area contributed by atoms with Crippen LogP contribution in [0.2, 0.25) is 0 Å². The van der Waals surface area contributed by atoms with E-state index in [1.165, 1.54) is 0 Å². The van der Waals surface area contributed by atoms with E-state index in [-0.39, 0.29) is 11.9 Å². The van der Waals surface area contributed by atoms with Gasteiger partial charge in [-0.2, -0.15) is 0 Å². The van der Waals surface area contributed by atoms with Crippen LogP contribution in [0.3, 0.4) is 0 Å². The maximum absolute atomic E-state index is 11.6. The van der Waals surface area contributed by atoms with Crippen molar-refractivity contribution >= 4 is 11.6 Å². The molecule has 6 nitrogen and oxygen atoms in total. The first-order chi connectivity index (χ1) is 13.5. The van der Waals surface area contributed by atoms with E-state index in [0.29, 0.717) is 19.6 Å². The van der Waals surface area contributed by atoms with Crippen molar-refractivity contribution in [3.05, 3.63) is 65.6 Å². The molecule has 28 heavy (non-hydrogen) atoms. The second kappa shape index (κ2) is 9.37. The second-order valence-corrected chi connectivity index (χ2v) is 7.24. The van der Waals surface area contributed by atoms with Crippen LogP contribution < -0.4 is 15.4 Å². The van der Waals surface area contributed by atoms with Crippen LogP contribution in [-0.4, -0.2) is 27.9 Å². The van der Waals surface area contributed by atoms with E-state index in [0.717, 1.165) is 34.8 Å². The van der Waals surface area contributed by atoms with E-state index in [1.807, 2.05) is 61.0 Å². The first-order valence-corrected chi connectivity index (χ1v) is 9.66. The van der Waals surface area contributed by atoms with E-state index in [1.54, 1.807) is 0 Å². The van der Waals surface area contributed by atoms with Gasteiger partial charge in [0.2, 0.25) is 5.91 Å². The molecule has 2 heterocycles. The van der Waals surface area contributed by atoms with Gasteiger partial charge in [-0.15, -0.1) is 0 Å². The van der Waals surface area contributed by atoms with Crippen molar-refractivity contribution in [3.8, 4) is 5.75 Å². The fraction of sp³-hybridized carbons (Fsp3) is 0.364. The lowest BCUT2D eigenvalue weighted by atomic mass is 10.2. The zero-order chi connectivity index (χ0) is 19.9. The lowest BCUT2D eigenvalue weighted by Gasteiger charge is -2.09. The fourth-order valence-corrected chi connectivity index (χ4v) is 2.96. The molecule has 2 aromatic heterocycles. The number of hydrogen-bond donors (Lipinski definition) is 2. The number of imidazole rings is 1. The van der Waals surface area contributed by atoms with E-state index in [9.17, 15) is 4.79 Å². The number of fused-ring (bicyclic) bond motifs is 1. The largest absolute Gasteiger partial charge is 0.487 e. The van der Waals surface area contributed by atoms with Gasteiger partial charge >= 0.3 is 0 Å². The number of aryl methyl sites for hydroxylation is 1. The average molecular weight is 380 g/mol. The van der Waals surface area contributed by atoms with Crippen LogP contribution in [-0.2, 0) is 17.9 Å². The predicted molar refractivity (Wildman–Crippen MR) is 110 cm³/mol. The van der Waals surface area contributed by atoms with E-state index in [4.69, 9.17) is 4.74 Å². The van der Waals surface area contributed by atoms with Gasteiger partial charge in [-0.1, -0.05) is 18.2 Å². The van der Waals surface area contributed by atoms with Gasteiger partial charge < -0.3 is 19.8 Å². The number of carbonyl (C=O) groups excluding carboxylic acids is 1. The molecule has 1 amide bonds. The van der Waals surface area contributed by atoms with Crippen molar-refractivity contribution in [2.24, 2.45) is 0 Å². The predicted octanol–water partition coefficient (Wildman–Crippen LogP) is 3.23. The van der Waals surface area contributed by atoms with Crippen molar-refractivity contribution in [3.63, 3.8) is 0 Å². The molecule has 0 aliphatic rings. The Bertz CT molecular complexity index is 916. The van der Waals surface area contributed by atoms with Gasteiger partial charge in [0.25, 0.3) is 0 Å². The normalized spacial score (nSPS) is 11.1. The summed E-state index contributed by atoms with van der Waals surface area (Å²) in [5.74, 6) is 0.891. The summed E-state index contributed by atoms with van der Waals surface area (Å²) < 4.78 is 7.88. The highest BCUT2D eigenvalue weighted by atomic mass is 16.5. The van der Waals surface area contributed by atoms with Crippen LogP contribution in [0.25, 0.3) is 5.65 Å². The maximum Gasteiger partial charge on any atom is 0.221 e. The molecule has 0 bridgehead atoms. The van der Waals surface area contributed by atoms with Crippen LogP contribution in [0.4, 0.5) is 0 Å². The Morgan fingerprint density at radius 2 is 2.00 bits per heavy atom. The van der Waals surface area contributed by atoms with Gasteiger partial charge in [0.05, 0.1) is 5.69 Å². The molecule has 3 aromatic rings. The van der Waals surface area contributed by atoms with Gasteiger partial charge in [-0.25, -0.2) is 4.98 Å². The maximum atomic E-state index is 11.6. The topological polar surface area (TPSA) is 67.7 Å². The molecular weight excluding hydrogens is 352 g/mol. The molecule has 0 fully saturated rings. The Morgan fingerprint density at radius 3 is 2.71 bits per heavy atom. The number of nitrogens with one attached hydrogen (secondary N) is 2. The number of benzene rings is 1. The number of aromatic nitrogens is 2. The first kappa shape index (κ1) is 19.9. The lowest BCUT2D eigenvalue weighted by Crippen LogP contribution is -2.32. The van der Waals surface area contributed by atoms with E-state index in [2.05, 4.69) is 28.6 Å². The van der Waals surface area contributed by atoms with Gasteiger partial charge in [-0.05, 0) is 50.1 Å². The molecule has 0 aliphatic heterocycles. The quantitative estimate of drug-likeness (QED) is 0.559. The first-order valence-electron chi connectivity index (χ1n) is 9.66. The van der Waals surface area contributed by atoms with Crippen LogP contribution >= 0.6 is 0 Å². The Labute approximate surface area is 165 Å². The number of pyridine rings is 1. The van der Waals surface area contributed by atoms with E-state index >= 15 is 0 Å². The van der Waals surface area contributed by atoms with Gasteiger partial charge in [-0.3, -0.25) is 4.79 Å². The van der Waals surface area contributed by atoms with E-state index < -0.39 is 0 Å². The van der Waals surface area contributed by atoms with Crippen LogP contribution in [0.5, 0.6) is 5.75 Å². The molecule has 1 aromatic carbocycles. The standard InChI is InChI=1S/C22H28N4O2/c1-16(2)24-21(27)10-11-23-13-18-6-8-20(9-7-18)28-15-19-14-26-12-4-5-17(3)22(26)25-19/h4-9,12,14,16,23H,10-11,13,15H2,1-3H3,(H,24,27). The fourth-order valence-electron chi connectivity index (χ4n) is 2.96. The molecule has 0 unspecified atom stereocenters. The molecule has 0 saturated carbocycles. The summed E-state index contributed by atoms with van der Waals surface area (Å²) in [6, 6.07) is 12.2. The third-order valence-corrected chi connectivity index (χ3v) is 4.35. The number of ether oxygens (including phenoxy) is 1. The van der Waals surface area contributed by atoms with Gasteiger partial charge in [0.15, 0.2) is 0 Å². The minimum Gasteiger partial charge on any atom is -0.487 e. The molecule has 0 saturated heterocycles. The SMILES string of the molecule is Cc1cccn2cc(COc3ccc(CNCCC(=O)NC(C)C)cc3)nc12. The Morgan fingerprint density at radius 1 is 1.21 bits per heavy atom. The van der Waals surface area contributed by atoms with Crippen molar-refractivity contribution in [1.82, 2.24) is 20.0 Å². The number of amides is 1. The lowest BCUT2D eigenvalue weighted by molar-refractivity contribution is -0.121. The number of rotatable bonds is 9. The summed E-state index contributed by atoms with van der Waals surface area (Å²) in [7, 11) is 0. The highest BCUT2D eigenvalue weighted by Gasteiger charge is 2.05. The highest BCUT2D eigenvalue weighted by molar-refractivity contribution is 5.76. The van der Waals surface area contributed by atoms with Crippen LogP contribution in [0.15, 0.2) is 48.8 Å². The van der Waals surface area contributed by atoms with Crippen molar-refractivity contribution in [1.29, 1.82) is 0 Å². The molecule has 0 aliphatic carbocycles. The minimum absolute atomic E-state index is 0.0772. The van der Waals surface area contributed by atoms with Crippen LogP contribution in [0.1, 0.15) is 37.1 Å². The summed E-state index contributed by atoms with van der Waals surface area (Å²) in [6.07, 6.45) is 4.47. The van der Waals surface area contributed by atoms with Crippen molar-refractivity contribution < 1.29 is 9.53 Å². The third kappa shape index (κ3) is 5.57. The zero-order valence-corrected chi connectivity index (χ0v) is 16.7. The van der Waals surface area contributed by atoms with Gasteiger partial charge in [0, 0.05) is 37.9 Å². The summed E-state index contributed by atoms with van der Waals surface area (Å²) >= 11 is 0. The second-order valence-electron chi connectivity index (χ2n) is 7.24. The van der Waals surface area contributed by atoms with Crippen molar-refractivity contribution in [2.45, 2.75) is 46.4 Å². The summed E-state index contributed by atoms with van der Waals surface area (Å²) in [5.41, 5.74) is 4.16. The highest BCUT2D eigenvalue weighted by Crippen LogP contribution is 2.15. The Hall–Kier alpha value is -2.86.